The number of nitrogens with one attached hydrogen (secondary N) is 2. The minimum atomic E-state index is -0.653. The van der Waals surface area contributed by atoms with E-state index < -0.39 is 6.10 Å². The van der Waals surface area contributed by atoms with Gasteiger partial charge in [0.25, 0.3) is 5.91 Å². The molecule has 2 unspecified atom stereocenters. The molecule has 2 heterocycles. The summed E-state index contributed by atoms with van der Waals surface area (Å²) < 4.78 is 7.99. The van der Waals surface area contributed by atoms with Gasteiger partial charge in [-0.15, -0.1) is 5.10 Å². The summed E-state index contributed by atoms with van der Waals surface area (Å²) in [6, 6.07) is 14.2. The molecule has 0 fully saturated rings. The van der Waals surface area contributed by atoms with Crippen molar-refractivity contribution in [2.75, 3.05) is 12.3 Å². The van der Waals surface area contributed by atoms with E-state index in [0.29, 0.717) is 12.4 Å². The monoisotopic (exact) mass is 590 g/mol. The number of aromatic nitrogens is 4. The van der Waals surface area contributed by atoms with E-state index in [9.17, 15) is 4.79 Å². The van der Waals surface area contributed by atoms with Crippen molar-refractivity contribution in [2.24, 2.45) is 0 Å². The highest BCUT2D eigenvalue weighted by Crippen LogP contribution is 2.39. The van der Waals surface area contributed by atoms with Gasteiger partial charge in [-0.1, -0.05) is 84.5 Å². The lowest BCUT2D eigenvalue weighted by atomic mass is 9.76. The Morgan fingerprint density at radius 1 is 1.10 bits per heavy atom. The minimum Gasteiger partial charge on any atom is -0.481 e. The van der Waals surface area contributed by atoms with Gasteiger partial charge in [-0.3, -0.25) is 9.89 Å². The first kappa shape index (κ1) is 31.5. The maximum absolute atomic E-state index is 13.1. The number of nitrogens with zero attached hydrogens (tertiary/aromatic N) is 3. The van der Waals surface area contributed by atoms with E-state index in [2.05, 4.69) is 69.2 Å². The van der Waals surface area contributed by atoms with Crippen LogP contribution in [-0.4, -0.2) is 38.4 Å². The van der Waals surface area contributed by atoms with Crippen molar-refractivity contribution in [3.63, 3.8) is 0 Å². The molecule has 2 aromatic carbocycles. The number of nitrogen functional groups attached to an aromatic ring is 1. The Morgan fingerprint density at radius 2 is 1.79 bits per heavy atom. The van der Waals surface area contributed by atoms with Crippen LogP contribution < -0.4 is 15.8 Å². The molecule has 8 nitrogen and oxygen atoms in total. The van der Waals surface area contributed by atoms with Gasteiger partial charge in [-0.05, 0) is 61.3 Å². The minimum absolute atomic E-state index is 0.0654. The second kappa shape index (κ2) is 12.4. The van der Waals surface area contributed by atoms with Crippen LogP contribution >= 0.6 is 11.8 Å². The summed E-state index contributed by atoms with van der Waals surface area (Å²) in [5.74, 6) is 1.15. The van der Waals surface area contributed by atoms with E-state index in [4.69, 9.17) is 15.5 Å². The summed E-state index contributed by atoms with van der Waals surface area (Å²) in [4.78, 5) is 19.9. The number of carbonyl (C=O) groups excluding carboxylic acids is 1. The third-order valence-electron chi connectivity index (χ3n) is 8.53. The molecule has 9 heteroatoms. The van der Waals surface area contributed by atoms with Crippen LogP contribution in [0.5, 0.6) is 5.75 Å². The fourth-order valence-corrected chi connectivity index (χ4v) is 5.63. The summed E-state index contributed by atoms with van der Waals surface area (Å²) in [7, 11) is 0. The van der Waals surface area contributed by atoms with Crippen molar-refractivity contribution in [1.29, 1.82) is 0 Å². The van der Waals surface area contributed by atoms with Gasteiger partial charge < -0.3 is 15.8 Å². The zero-order valence-electron chi connectivity index (χ0n) is 26.5. The number of H-pyrrole nitrogens is 1. The smallest absolute Gasteiger partial charge is 0.260 e. The molecule has 0 saturated carbocycles. The van der Waals surface area contributed by atoms with Crippen molar-refractivity contribution < 1.29 is 9.53 Å². The van der Waals surface area contributed by atoms with Gasteiger partial charge in [0.2, 0.25) is 0 Å². The Balaban J connectivity index is 1.44. The summed E-state index contributed by atoms with van der Waals surface area (Å²) in [6.45, 7) is 19.6. The summed E-state index contributed by atoms with van der Waals surface area (Å²) >= 11 is 1.57. The Morgan fingerprint density at radius 3 is 2.45 bits per heavy atom. The highest BCUT2D eigenvalue weighted by Gasteiger charge is 2.28. The lowest BCUT2D eigenvalue weighted by Gasteiger charge is -2.31. The summed E-state index contributed by atoms with van der Waals surface area (Å²) in [6.07, 6.45) is 1.35. The lowest BCUT2D eigenvalue weighted by Crippen LogP contribution is -2.38. The number of amides is 1. The normalized spacial score (nSPS) is 13.7. The summed E-state index contributed by atoms with van der Waals surface area (Å²) in [5.41, 5.74) is 11.0. The first-order chi connectivity index (χ1) is 19.8. The van der Waals surface area contributed by atoms with Crippen LogP contribution in [0.1, 0.15) is 96.8 Å². The number of benzene rings is 2. The van der Waals surface area contributed by atoms with Crippen LogP contribution in [0.15, 0.2) is 52.3 Å². The predicted octanol–water partition coefficient (Wildman–Crippen LogP) is 7.16. The van der Waals surface area contributed by atoms with E-state index in [1.54, 1.807) is 23.3 Å². The van der Waals surface area contributed by atoms with Crippen LogP contribution in [0, 0.1) is 6.92 Å². The van der Waals surface area contributed by atoms with Crippen LogP contribution in [-0.2, 0) is 15.6 Å². The van der Waals surface area contributed by atoms with Gasteiger partial charge >= 0.3 is 0 Å². The second-order valence-corrected chi connectivity index (χ2v) is 13.6. The fourth-order valence-electron chi connectivity index (χ4n) is 4.65. The zero-order valence-corrected chi connectivity index (χ0v) is 27.3. The molecular formula is C33H46N6O2S. The van der Waals surface area contributed by atoms with Crippen LogP contribution in [0.3, 0.4) is 0 Å². The van der Waals surface area contributed by atoms with E-state index in [0.717, 1.165) is 51.0 Å². The van der Waals surface area contributed by atoms with Crippen LogP contribution in [0.25, 0.3) is 5.65 Å². The summed E-state index contributed by atoms with van der Waals surface area (Å²) in [5, 5.41) is 11.0. The number of ether oxygens (including phenoxy) is 1. The van der Waals surface area contributed by atoms with Crippen LogP contribution in [0.4, 0.5) is 5.69 Å². The van der Waals surface area contributed by atoms with Crippen LogP contribution in [0.2, 0.25) is 0 Å². The molecule has 42 heavy (non-hydrogen) atoms. The first-order valence-electron chi connectivity index (χ1n) is 14.8. The molecule has 226 valence electrons. The molecule has 4 rings (SSSR count). The number of hydrogen-bond donors (Lipinski definition) is 3. The Labute approximate surface area is 254 Å². The van der Waals surface area contributed by atoms with Crippen molar-refractivity contribution in [2.45, 2.75) is 108 Å². The molecule has 4 N–H and O–H groups in total. The zero-order chi connectivity index (χ0) is 30.8. The molecule has 2 atom stereocenters. The topological polar surface area (TPSA) is 110 Å². The number of anilines is 1. The Hall–Kier alpha value is -3.46. The lowest BCUT2D eigenvalue weighted by molar-refractivity contribution is -0.127. The van der Waals surface area contributed by atoms with E-state index in [1.807, 2.05) is 44.2 Å². The Bertz CT molecular complexity index is 1550. The average Bonchev–Trinajstić information content (AvgIpc) is 3.50. The van der Waals surface area contributed by atoms with Gasteiger partial charge in [-0.25, -0.2) is 4.98 Å². The van der Waals surface area contributed by atoms with Crippen molar-refractivity contribution in [3.8, 4) is 5.75 Å². The number of para-hydroxylation sites is 1. The number of aromatic amines is 1. The molecule has 0 aliphatic heterocycles. The number of fused-ring (bicyclic) bond motifs is 1. The second-order valence-electron chi connectivity index (χ2n) is 12.5. The number of hydrogen-bond acceptors (Lipinski definition) is 6. The number of rotatable bonds is 12. The highest BCUT2D eigenvalue weighted by atomic mass is 32.2. The molecule has 0 bridgehead atoms. The standard InChI is InChI=1S/C33H46N6O2S/c1-10-32(6,7)23-16-17-26(24(18-23)33(8,9)11-2)41-22(5)31(40)35-19-20(3)29-36-30-28(21(4)37-39(30)38-29)42-27-15-13-12-14-25(27)34/h12-18,20,22,37H,10-11,19,34H2,1-9H3,(H,35,40). The van der Waals surface area contributed by atoms with Gasteiger partial charge in [-0.2, -0.15) is 4.63 Å². The molecule has 4 aromatic rings. The van der Waals surface area contributed by atoms with Gasteiger partial charge in [0, 0.05) is 34.3 Å². The molecule has 0 radical (unpaired) electrons. The number of nitrogens with two attached hydrogens (primary N) is 1. The van der Waals surface area contributed by atoms with Gasteiger partial charge in [0.05, 0.1) is 4.90 Å². The van der Waals surface area contributed by atoms with E-state index in [1.165, 1.54) is 5.56 Å². The van der Waals surface area contributed by atoms with Crippen molar-refractivity contribution >= 4 is 29.0 Å². The largest absolute Gasteiger partial charge is 0.481 e. The SMILES string of the molecule is CCC(C)(C)c1ccc(OC(C)C(=O)NCC(C)c2nc3c(Sc4ccccc4N)c(C)[nH]n3n2)c(C(C)(C)CC)c1. The molecule has 1 amide bonds. The van der Waals surface area contributed by atoms with Gasteiger partial charge in [0.15, 0.2) is 17.6 Å². The third-order valence-corrected chi connectivity index (χ3v) is 9.81. The average molecular weight is 591 g/mol. The van der Waals surface area contributed by atoms with Crippen molar-refractivity contribution in [3.05, 3.63) is 65.1 Å². The highest BCUT2D eigenvalue weighted by molar-refractivity contribution is 7.99. The molecule has 0 saturated heterocycles. The molecule has 2 aromatic heterocycles. The fraction of sp³-hybridized carbons (Fsp3) is 0.485. The maximum atomic E-state index is 13.1. The quantitative estimate of drug-likeness (QED) is 0.151. The first-order valence-corrected chi connectivity index (χ1v) is 15.7. The number of carbonyl (C=O) groups is 1. The van der Waals surface area contributed by atoms with Gasteiger partial charge in [0.1, 0.15) is 5.75 Å². The number of aryl methyl sites for hydroxylation is 1. The van der Waals surface area contributed by atoms with E-state index >= 15 is 0 Å². The Kier molecular flexibility index (Phi) is 9.30. The molecule has 0 aliphatic rings. The van der Waals surface area contributed by atoms with E-state index in [-0.39, 0.29) is 22.7 Å². The predicted molar refractivity (Wildman–Crippen MR) is 172 cm³/mol. The third kappa shape index (κ3) is 6.61. The van der Waals surface area contributed by atoms with Crippen molar-refractivity contribution in [1.82, 2.24) is 25.1 Å². The molecule has 0 aliphatic carbocycles. The molecular weight excluding hydrogens is 544 g/mol. The molecule has 0 spiro atoms. The maximum Gasteiger partial charge on any atom is 0.260 e.